The lowest BCUT2D eigenvalue weighted by Crippen LogP contribution is -2.29. The van der Waals surface area contributed by atoms with E-state index >= 15 is 0 Å². The van der Waals surface area contributed by atoms with E-state index in [0.717, 1.165) is 15.8 Å². The molecule has 0 unspecified atom stereocenters. The van der Waals surface area contributed by atoms with Crippen LogP contribution in [0.5, 0.6) is 0 Å². The normalized spacial score (nSPS) is 10.5. The molecule has 0 spiro atoms. The zero-order valence-corrected chi connectivity index (χ0v) is 14.3. The van der Waals surface area contributed by atoms with E-state index < -0.39 is 0 Å². The zero-order valence-electron chi connectivity index (χ0n) is 13.6. The number of anilines is 1. The van der Waals surface area contributed by atoms with Crippen molar-refractivity contribution in [3.05, 3.63) is 81.6 Å². The molecule has 3 rings (SSSR count). The third kappa shape index (κ3) is 4.14. The van der Waals surface area contributed by atoms with E-state index in [2.05, 4.69) is 10.4 Å². The first-order chi connectivity index (χ1) is 12.0. The zero-order chi connectivity index (χ0) is 17.8. The standard InChI is InChI=1S/C19H16ClN3O2/c1-13-7-8-15(11-16(13)20)21-18(24)12-23-19(25)10-9-17(22-23)14-5-3-2-4-6-14/h2-11H,12H2,1H3,(H,21,24). The van der Waals surface area contributed by atoms with Crippen LogP contribution in [0, 0.1) is 6.92 Å². The Kier molecular flexibility index (Phi) is 4.95. The quantitative estimate of drug-likeness (QED) is 0.780. The molecule has 6 heteroatoms. The van der Waals surface area contributed by atoms with E-state index in [9.17, 15) is 9.59 Å². The molecule has 0 fully saturated rings. The summed E-state index contributed by atoms with van der Waals surface area (Å²) in [6, 6.07) is 17.8. The van der Waals surface area contributed by atoms with Gasteiger partial charge in [0.1, 0.15) is 6.54 Å². The van der Waals surface area contributed by atoms with E-state index in [4.69, 9.17) is 11.6 Å². The fourth-order valence-electron chi connectivity index (χ4n) is 2.33. The second-order valence-corrected chi connectivity index (χ2v) is 6.00. The Morgan fingerprint density at radius 1 is 1.12 bits per heavy atom. The highest BCUT2D eigenvalue weighted by molar-refractivity contribution is 6.31. The minimum Gasteiger partial charge on any atom is -0.324 e. The SMILES string of the molecule is Cc1ccc(NC(=O)Cn2nc(-c3ccccc3)ccc2=O)cc1Cl. The summed E-state index contributed by atoms with van der Waals surface area (Å²) in [5, 5.41) is 7.56. The molecule has 0 saturated heterocycles. The molecule has 0 saturated carbocycles. The van der Waals surface area contributed by atoms with Crippen molar-refractivity contribution in [1.82, 2.24) is 9.78 Å². The fourth-order valence-corrected chi connectivity index (χ4v) is 2.51. The third-order valence-corrected chi connectivity index (χ3v) is 4.09. The van der Waals surface area contributed by atoms with Gasteiger partial charge in [0.2, 0.25) is 5.91 Å². The van der Waals surface area contributed by atoms with Gasteiger partial charge in [-0.15, -0.1) is 0 Å². The van der Waals surface area contributed by atoms with Gasteiger partial charge in [0.05, 0.1) is 5.69 Å². The molecular weight excluding hydrogens is 338 g/mol. The highest BCUT2D eigenvalue weighted by Crippen LogP contribution is 2.20. The molecule has 2 aromatic carbocycles. The van der Waals surface area contributed by atoms with Crippen LogP contribution in [0.2, 0.25) is 5.02 Å². The lowest BCUT2D eigenvalue weighted by Gasteiger charge is -2.09. The van der Waals surface area contributed by atoms with E-state index in [1.54, 1.807) is 18.2 Å². The minimum absolute atomic E-state index is 0.176. The van der Waals surface area contributed by atoms with Gasteiger partial charge >= 0.3 is 0 Å². The maximum Gasteiger partial charge on any atom is 0.267 e. The summed E-state index contributed by atoms with van der Waals surface area (Å²) < 4.78 is 1.15. The van der Waals surface area contributed by atoms with Crippen molar-refractivity contribution in [3.8, 4) is 11.3 Å². The number of halogens is 1. The first-order valence-corrected chi connectivity index (χ1v) is 8.10. The van der Waals surface area contributed by atoms with Crippen molar-refractivity contribution < 1.29 is 4.79 Å². The molecule has 1 heterocycles. The van der Waals surface area contributed by atoms with Gasteiger partial charge in [-0.3, -0.25) is 9.59 Å². The lowest BCUT2D eigenvalue weighted by molar-refractivity contribution is -0.117. The summed E-state index contributed by atoms with van der Waals surface area (Å²) in [6.45, 7) is 1.71. The number of carbonyl (C=O) groups is 1. The lowest BCUT2D eigenvalue weighted by atomic mass is 10.1. The molecule has 25 heavy (non-hydrogen) atoms. The number of carbonyl (C=O) groups excluding carboxylic acids is 1. The number of hydrogen-bond acceptors (Lipinski definition) is 3. The molecule has 1 aromatic heterocycles. The van der Waals surface area contributed by atoms with Crippen LogP contribution in [0.15, 0.2) is 65.5 Å². The van der Waals surface area contributed by atoms with Gasteiger partial charge in [0.15, 0.2) is 0 Å². The maximum atomic E-state index is 12.2. The number of nitrogens with zero attached hydrogens (tertiary/aromatic N) is 2. The molecule has 1 N–H and O–H groups in total. The summed E-state index contributed by atoms with van der Waals surface area (Å²) >= 11 is 6.05. The van der Waals surface area contributed by atoms with Gasteiger partial charge in [0, 0.05) is 22.3 Å². The van der Waals surface area contributed by atoms with Crippen molar-refractivity contribution in [2.24, 2.45) is 0 Å². The number of nitrogens with one attached hydrogen (secondary N) is 1. The van der Waals surface area contributed by atoms with Crippen LogP contribution in [-0.2, 0) is 11.3 Å². The van der Waals surface area contributed by atoms with Crippen LogP contribution in [0.1, 0.15) is 5.56 Å². The summed E-state index contributed by atoms with van der Waals surface area (Å²) in [4.78, 5) is 24.2. The van der Waals surface area contributed by atoms with Crippen molar-refractivity contribution in [2.75, 3.05) is 5.32 Å². The predicted molar refractivity (Wildman–Crippen MR) is 98.8 cm³/mol. The molecule has 1 amide bonds. The van der Waals surface area contributed by atoms with Crippen LogP contribution in [-0.4, -0.2) is 15.7 Å². The molecule has 0 atom stereocenters. The Morgan fingerprint density at radius 2 is 1.88 bits per heavy atom. The maximum absolute atomic E-state index is 12.2. The Balaban J connectivity index is 1.79. The van der Waals surface area contributed by atoms with Crippen molar-refractivity contribution in [1.29, 1.82) is 0 Å². The van der Waals surface area contributed by atoms with Gasteiger partial charge in [-0.2, -0.15) is 5.10 Å². The molecule has 0 bridgehead atoms. The summed E-state index contributed by atoms with van der Waals surface area (Å²) in [6.07, 6.45) is 0. The predicted octanol–water partition coefficient (Wildman–Crippen LogP) is 3.51. The van der Waals surface area contributed by atoms with Crippen molar-refractivity contribution in [3.63, 3.8) is 0 Å². The summed E-state index contributed by atoms with van der Waals surface area (Å²) in [7, 11) is 0. The fraction of sp³-hybridized carbons (Fsp3) is 0.105. The van der Waals surface area contributed by atoms with E-state index in [1.807, 2.05) is 43.3 Å². The second-order valence-electron chi connectivity index (χ2n) is 5.59. The molecule has 5 nitrogen and oxygen atoms in total. The minimum atomic E-state index is -0.347. The molecule has 0 aliphatic rings. The number of aromatic nitrogens is 2. The van der Waals surface area contributed by atoms with Crippen molar-refractivity contribution in [2.45, 2.75) is 13.5 Å². The number of rotatable bonds is 4. The summed E-state index contributed by atoms with van der Waals surface area (Å²) in [5.41, 5.74) is 2.67. The van der Waals surface area contributed by atoms with E-state index in [0.29, 0.717) is 16.4 Å². The van der Waals surface area contributed by atoms with E-state index in [-0.39, 0.29) is 18.0 Å². The average Bonchev–Trinajstić information content (AvgIpc) is 2.61. The van der Waals surface area contributed by atoms with Crippen LogP contribution in [0.3, 0.4) is 0 Å². The van der Waals surface area contributed by atoms with Gasteiger partial charge in [0.25, 0.3) is 5.56 Å². The number of aryl methyl sites for hydroxylation is 1. The first-order valence-electron chi connectivity index (χ1n) is 7.72. The Bertz CT molecular complexity index is 968. The molecule has 0 aliphatic heterocycles. The van der Waals surface area contributed by atoms with Crippen LogP contribution >= 0.6 is 11.6 Å². The first kappa shape index (κ1) is 16.9. The molecule has 0 aliphatic carbocycles. The highest BCUT2D eigenvalue weighted by atomic mass is 35.5. The Morgan fingerprint density at radius 3 is 2.60 bits per heavy atom. The largest absolute Gasteiger partial charge is 0.324 e. The van der Waals surface area contributed by atoms with E-state index in [1.165, 1.54) is 6.07 Å². The average molecular weight is 354 g/mol. The van der Waals surface area contributed by atoms with Gasteiger partial charge < -0.3 is 5.32 Å². The highest BCUT2D eigenvalue weighted by Gasteiger charge is 2.09. The topological polar surface area (TPSA) is 64.0 Å². The number of hydrogen-bond donors (Lipinski definition) is 1. The van der Waals surface area contributed by atoms with Gasteiger partial charge in [-0.25, -0.2) is 4.68 Å². The van der Waals surface area contributed by atoms with Crippen LogP contribution in [0.25, 0.3) is 11.3 Å². The monoisotopic (exact) mass is 353 g/mol. The van der Waals surface area contributed by atoms with Crippen LogP contribution < -0.4 is 10.9 Å². The van der Waals surface area contributed by atoms with Crippen molar-refractivity contribution >= 4 is 23.2 Å². The molecule has 0 radical (unpaired) electrons. The molecule has 126 valence electrons. The number of amides is 1. The van der Waals surface area contributed by atoms with Gasteiger partial charge in [-0.05, 0) is 30.7 Å². The van der Waals surface area contributed by atoms with Gasteiger partial charge in [-0.1, -0.05) is 48.0 Å². The van der Waals surface area contributed by atoms with Crippen LogP contribution in [0.4, 0.5) is 5.69 Å². The number of benzene rings is 2. The third-order valence-electron chi connectivity index (χ3n) is 3.69. The Labute approximate surface area is 149 Å². The molecule has 3 aromatic rings. The summed E-state index contributed by atoms with van der Waals surface area (Å²) in [5.74, 6) is -0.347. The smallest absolute Gasteiger partial charge is 0.267 e. The second kappa shape index (κ2) is 7.32. The molecular formula is C19H16ClN3O2. The Hall–Kier alpha value is -2.92.